The monoisotopic (exact) mass is 284 g/mol. The van der Waals surface area contributed by atoms with Gasteiger partial charge in [-0.15, -0.1) is 0 Å². The number of nitrogens with two attached hydrogens (primary N) is 1. The molecule has 0 aliphatic rings. The molecule has 0 aliphatic heterocycles. The molecule has 0 fully saturated rings. The van der Waals surface area contributed by atoms with E-state index in [1.54, 1.807) is 0 Å². The van der Waals surface area contributed by atoms with Crippen molar-refractivity contribution in [1.29, 1.82) is 0 Å². The van der Waals surface area contributed by atoms with Crippen molar-refractivity contribution in [2.45, 2.75) is 11.4 Å². The molecular formula is C11H13FN4O2S. The molecule has 3 N–H and O–H groups in total. The minimum Gasteiger partial charge on any atom is -0.329 e. The minimum absolute atomic E-state index is 0.00483. The van der Waals surface area contributed by atoms with Crippen molar-refractivity contribution >= 4 is 15.7 Å². The molecule has 1 aromatic heterocycles. The van der Waals surface area contributed by atoms with Gasteiger partial charge < -0.3 is 5.73 Å². The summed E-state index contributed by atoms with van der Waals surface area (Å²) in [6.45, 7) is 0.786. The first-order valence-corrected chi connectivity index (χ1v) is 7.00. The molecule has 0 saturated heterocycles. The van der Waals surface area contributed by atoms with Crippen LogP contribution < -0.4 is 10.5 Å². The average molecular weight is 284 g/mol. The van der Waals surface area contributed by atoms with E-state index in [-0.39, 0.29) is 10.6 Å². The minimum atomic E-state index is -3.77. The highest BCUT2D eigenvalue weighted by atomic mass is 32.2. The van der Waals surface area contributed by atoms with E-state index in [1.807, 2.05) is 0 Å². The van der Waals surface area contributed by atoms with Crippen molar-refractivity contribution in [3.05, 3.63) is 42.5 Å². The lowest BCUT2D eigenvalue weighted by atomic mass is 10.3. The molecule has 0 unspecified atom stereocenters. The van der Waals surface area contributed by atoms with Crippen LogP contribution in [0.4, 0.5) is 10.1 Å². The second kappa shape index (κ2) is 5.37. The number of benzene rings is 1. The maximum absolute atomic E-state index is 13.0. The Balaban J connectivity index is 2.22. The molecule has 102 valence electrons. The molecule has 1 heterocycles. The summed E-state index contributed by atoms with van der Waals surface area (Å²) < 4.78 is 40.7. The van der Waals surface area contributed by atoms with Gasteiger partial charge in [0, 0.05) is 12.7 Å². The van der Waals surface area contributed by atoms with Crippen LogP contribution in [0.2, 0.25) is 0 Å². The molecule has 2 aromatic rings. The van der Waals surface area contributed by atoms with Gasteiger partial charge in [-0.1, -0.05) is 6.07 Å². The number of aromatic nitrogens is 2. The van der Waals surface area contributed by atoms with Crippen molar-refractivity contribution in [2.75, 3.05) is 11.3 Å². The first kappa shape index (κ1) is 13.5. The highest BCUT2D eigenvalue weighted by Gasteiger charge is 2.16. The van der Waals surface area contributed by atoms with Crippen molar-refractivity contribution in [2.24, 2.45) is 5.73 Å². The largest absolute Gasteiger partial charge is 0.329 e. The molecule has 2 rings (SSSR count). The number of hydrogen-bond acceptors (Lipinski definition) is 4. The zero-order chi connectivity index (χ0) is 13.9. The van der Waals surface area contributed by atoms with Crippen LogP contribution >= 0.6 is 0 Å². The Bertz CT molecular complexity index is 669. The van der Waals surface area contributed by atoms with Crippen LogP contribution in [0.25, 0.3) is 0 Å². The van der Waals surface area contributed by atoms with Gasteiger partial charge in [-0.25, -0.2) is 12.8 Å². The van der Waals surface area contributed by atoms with Gasteiger partial charge in [0.15, 0.2) is 0 Å². The summed E-state index contributed by atoms with van der Waals surface area (Å²) in [7, 11) is -3.77. The van der Waals surface area contributed by atoms with Crippen LogP contribution in [0.3, 0.4) is 0 Å². The number of sulfonamides is 1. The van der Waals surface area contributed by atoms with Gasteiger partial charge in [0.2, 0.25) is 0 Å². The highest BCUT2D eigenvalue weighted by Crippen LogP contribution is 2.16. The van der Waals surface area contributed by atoms with E-state index in [0.717, 1.165) is 6.07 Å². The fraction of sp³-hybridized carbons (Fsp3) is 0.182. The van der Waals surface area contributed by atoms with Crippen molar-refractivity contribution < 1.29 is 12.8 Å². The lowest BCUT2D eigenvalue weighted by Gasteiger charge is -2.05. The predicted molar refractivity (Wildman–Crippen MR) is 68.5 cm³/mol. The van der Waals surface area contributed by atoms with Gasteiger partial charge in [-0.05, 0) is 18.2 Å². The summed E-state index contributed by atoms with van der Waals surface area (Å²) in [5, 5.41) is 3.87. The summed E-state index contributed by atoms with van der Waals surface area (Å²) in [6.07, 6.45) is 2.59. The number of nitrogens with one attached hydrogen (secondary N) is 1. The van der Waals surface area contributed by atoms with Crippen LogP contribution in [-0.4, -0.2) is 24.7 Å². The maximum atomic E-state index is 13.0. The number of hydrogen-bond donors (Lipinski definition) is 2. The molecule has 0 bridgehead atoms. The van der Waals surface area contributed by atoms with Crippen molar-refractivity contribution in [3.8, 4) is 0 Å². The normalized spacial score (nSPS) is 11.5. The van der Waals surface area contributed by atoms with Crippen molar-refractivity contribution in [3.63, 3.8) is 0 Å². The van der Waals surface area contributed by atoms with Crippen LogP contribution in [0.1, 0.15) is 0 Å². The van der Waals surface area contributed by atoms with E-state index >= 15 is 0 Å². The van der Waals surface area contributed by atoms with Gasteiger partial charge in [0.1, 0.15) is 10.7 Å². The van der Waals surface area contributed by atoms with Crippen LogP contribution in [0.15, 0.2) is 41.6 Å². The van der Waals surface area contributed by atoms with Gasteiger partial charge >= 0.3 is 0 Å². The molecule has 0 aliphatic carbocycles. The Kier molecular flexibility index (Phi) is 3.82. The van der Waals surface area contributed by atoms with Crippen LogP contribution in [-0.2, 0) is 16.6 Å². The van der Waals surface area contributed by atoms with E-state index < -0.39 is 15.8 Å². The summed E-state index contributed by atoms with van der Waals surface area (Å²) in [5.41, 5.74) is 5.51. The molecule has 19 heavy (non-hydrogen) atoms. The number of nitrogens with zero attached hydrogens (tertiary/aromatic N) is 2. The van der Waals surface area contributed by atoms with Gasteiger partial charge in [0.25, 0.3) is 10.0 Å². The van der Waals surface area contributed by atoms with Gasteiger partial charge in [-0.3, -0.25) is 9.40 Å². The predicted octanol–water partition coefficient (Wildman–Crippen LogP) is 0.782. The molecular weight excluding hydrogens is 271 g/mol. The quantitative estimate of drug-likeness (QED) is 0.849. The summed E-state index contributed by atoms with van der Waals surface area (Å²) in [6, 6.07) is 5.22. The molecule has 0 saturated carbocycles. The summed E-state index contributed by atoms with van der Waals surface area (Å²) >= 11 is 0. The molecule has 0 radical (unpaired) electrons. The van der Waals surface area contributed by atoms with Crippen LogP contribution in [0.5, 0.6) is 0 Å². The van der Waals surface area contributed by atoms with Gasteiger partial charge in [0.05, 0.1) is 18.4 Å². The third kappa shape index (κ3) is 3.30. The molecule has 8 heteroatoms. The zero-order valence-corrected chi connectivity index (χ0v) is 10.8. The smallest absolute Gasteiger partial charge is 0.265 e. The zero-order valence-electron chi connectivity index (χ0n) is 9.95. The Morgan fingerprint density at radius 3 is 2.89 bits per heavy atom. The van der Waals surface area contributed by atoms with E-state index in [0.29, 0.717) is 13.1 Å². The molecule has 1 aromatic carbocycles. The van der Waals surface area contributed by atoms with E-state index in [1.165, 1.54) is 35.3 Å². The molecule has 0 atom stereocenters. The maximum Gasteiger partial charge on any atom is 0.265 e. The van der Waals surface area contributed by atoms with E-state index in [9.17, 15) is 12.8 Å². The number of rotatable bonds is 5. The standard InChI is InChI=1S/C11H13FN4O2S/c12-9-2-1-3-10(6-9)15-19(17,18)11-7-14-16(8-11)5-4-13/h1-3,6-8,15H,4-5,13H2. The third-order valence-electron chi connectivity index (χ3n) is 2.35. The van der Waals surface area contributed by atoms with E-state index in [4.69, 9.17) is 5.73 Å². The Hall–Kier alpha value is -1.93. The van der Waals surface area contributed by atoms with Crippen LogP contribution in [0, 0.1) is 5.82 Å². The van der Waals surface area contributed by atoms with Gasteiger partial charge in [-0.2, -0.15) is 5.10 Å². The lowest BCUT2D eigenvalue weighted by Crippen LogP contribution is -2.13. The fourth-order valence-electron chi connectivity index (χ4n) is 1.50. The second-order valence-electron chi connectivity index (χ2n) is 3.84. The second-order valence-corrected chi connectivity index (χ2v) is 5.53. The number of halogens is 1. The molecule has 6 nitrogen and oxygen atoms in total. The summed E-state index contributed by atoms with van der Waals surface area (Å²) in [4.78, 5) is 0.00483. The Labute approximate surface area is 110 Å². The average Bonchev–Trinajstić information content (AvgIpc) is 2.78. The third-order valence-corrected chi connectivity index (χ3v) is 3.69. The lowest BCUT2D eigenvalue weighted by molar-refractivity contribution is 0.599. The summed E-state index contributed by atoms with van der Waals surface area (Å²) in [5.74, 6) is -0.515. The fourth-order valence-corrected chi connectivity index (χ4v) is 2.51. The SMILES string of the molecule is NCCn1cc(S(=O)(=O)Nc2cccc(F)c2)cn1. The topological polar surface area (TPSA) is 90.0 Å². The first-order valence-electron chi connectivity index (χ1n) is 5.52. The number of anilines is 1. The molecule has 0 amide bonds. The van der Waals surface area contributed by atoms with Crippen molar-refractivity contribution in [1.82, 2.24) is 9.78 Å². The van der Waals surface area contributed by atoms with E-state index in [2.05, 4.69) is 9.82 Å². The molecule has 0 spiro atoms. The highest BCUT2D eigenvalue weighted by molar-refractivity contribution is 7.92. The Morgan fingerprint density at radius 2 is 2.21 bits per heavy atom. The first-order chi connectivity index (χ1) is 9.01. The Morgan fingerprint density at radius 1 is 1.42 bits per heavy atom.